The van der Waals surface area contributed by atoms with Crippen molar-refractivity contribution < 1.29 is 23.9 Å². The Labute approximate surface area is 161 Å². The molecule has 2 unspecified atom stereocenters. The molecule has 2 aliphatic rings. The van der Waals surface area contributed by atoms with E-state index in [0.717, 1.165) is 29.6 Å². The van der Waals surface area contributed by atoms with Gasteiger partial charge in [-0.3, -0.25) is 9.59 Å². The van der Waals surface area contributed by atoms with E-state index >= 15 is 0 Å². The van der Waals surface area contributed by atoms with Gasteiger partial charge in [-0.15, -0.1) is 0 Å². The van der Waals surface area contributed by atoms with Gasteiger partial charge in [0.2, 0.25) is 0 Å². The summed E-state index contributed by atoms with van der Waals surface area (Å²) in [7, 11) is 0. The highest BCUT2D eigenvalue weighted by Crippen LogP contribution is 2.44. The molecule has 1 aliphatic carbocycles. The normalized spacial score (nSPS) is 23.4. The largest absolute Gasteiger partial charge is 0.462 e. The first-order valence-corrected chi connectivity index (χ1v) is 9.48. The van der Waals surface area contributed by atoms with Crippen LogP contribution in [0, 0.1) is 11.3 Å². The molecule has 5 nitrogen and oxygen atoms in total. The van der Waals surface area contributed by atoms with Crippen molar-refractivity contribution in [2.45, 2.75) is 66.4 Å². The average molecular weight is 374 g/mol. The van der Waals surface area contributed by atoms with Gasteiger partial charge in [0.05, 0.1) is 0 Å². The lowest BCUT2D eigenvalue weighted by Crippen LogP contribution is -2.41. The smallest absolute Gasteiger partial charge is 0.331 e. The molecule has 0 saturated heterocycles. The monoisotopic (exact) mass is 374 g/mol. The molecule has 0 aromatic heterocycles. The zero-order valence-electron chi connectivity index (χ0n) is 17.0. The molecule has 0 saturated carbocycles. The fourth-order valence-corrected chi connectivity index (χ4v) is 4.27. The van der Waals surface area contributed by atoms with Gasteiger partial charge in [-0.2, -0.15) is 0 Å². The van der Waals surface area contributed by atoms with Gasteiger partial charge in [0.15, 0.2) is 5.78 Å². The van der Waals surface area contributed by atoms with Crippen molar-refractivity contribution in [3.63, 3.8) is 0 Å². The van der Waals surface area contributed by atoms with Crippen LogP contribution < -0.4 is 0 Å². The van der Waals surface area contributed by atoms with Crippen LogP contribution in [0.15, 0.2) is 34.9 Å². The van der Waals surface area contributed by atoms with Gasteiger partial charge in [0, 0.05) is 31.8 Å². The second kappa shape index (κ2) is 8.68. The van der Waals surface area contributed by atoms with Gasteiger partial charge in [0.25, 0.3) is 0 Å². The number of esters is 2. The topological polar surface area (TPSA) is 69.7 Å². The first kappa shape index (κ1) is 21.1. The van der Waals surface area contributed by atoms with Crippen molar-refractivity contribution >= 4 is 17.7 Å². The maximum atomic E-state index is 12.0. The van der Waals surface area contributed by atoms with Crippen molar-refractivity contribution in [1.82, 2.24) is 0 Å². The minimum atomic E-state index is -0.305. The van der Waals surface area contributed by atoms with Crippen molar-refractivity contribution in [3.05, 3.63) is 34.9 Å². The zero-order valence-corrected chi connectivity index (χ0v) is 17.0. The number of cyclic esters (lactones) is 1. The number of rotatable bonds is 7. The third-order valence-corrected chi connectivity index (χ3v) is 5.24. The van der Waals surface area contributed by atoms with Crippen molar-refractivity contribution in [1.29, 1.82) is 0 Å². The van der Waals surface area contributed by atoms with Gasteiger partial charge in [-0.1, -0.05) is 31.1 Å². The molecule has 0 N–H and O–H groups in total. The Morgan fingerprint density at radius 1 is 1.33 bits per heavy atom. The van der Waals surface area contributed by atoms with Crippen LogP contribution in [-0.4, -0.2) is 30.4 Å². The standard InChI is InChI=1S/C22H30O5/c1-14(7-6-8-17-11-20(25)26-13-17)9-19(27-16(3)23)21-15(2)10-18(24)12-22(21,4)5/h7,10-11,19,21H,6,8-9,12-13H2,1-5H3. The van der Waals surface area contributed by atoms with Crippen LogP contribution in [0.4, 0.5) is 0 Å². The summed E-state index contributed by atoms with van der Waals surface area (Å²) >= 11 is 0. The number of ether oxygens (including phenoxy) is 2. The fraction of sp³-hybridized carbons (Fsp3) is 0.591. The first-order chi connectivity index (χ1) is 12.6. The molecule has 0 fully saturated rings. The van der Waals surface area contributed by atoms with Gasteiger partial charge in [-0.05, 0) is 43.8 Å². The summed E-state index contributed by atoms with van der Waals surface area (Å²) in [5.74, 6) is -0.438. The highest BCUT2D eigenvalue weighted by atomic mass is 16.5. The molecule has 2 rings (SSSR count). The van der Waals surface area contributed by atoms with E-state index in [1.807, 2.05) is 13.8 Å². The number of allylic oxidation sites excluding steroid dienone is 2. The van der Waals surface area contributed by atoms with E-state index in [9.17, 15) is 14.4 Å². The second-order valence-corrected chi connectivity index (χ2v) is 8.35. The van der Waals surface area contributed by atoms with Crippen LogP contribution in [0.5, 0.6) is 0 Å². The molecule has 5 heteroatoms. The fourth-order valence-electron chi connectivity index (χ4n) is 4.27. The molecule has 148 valence electrons. The van der Waals surface area contributed by atoms with Crippen LogP contribution >= 0.6 is 0 Å². The van der Waals surface area contributed by atoms with Crippen LogP contribution in [0.1, 0.15) is 60.3 Å². The highest BCUT2D eigenvalue weighted by Gasteiger charge is 2.42. The summed E-state index contributed by atoms with van der Waals surface area (Å²) in [6.07, 6.45) is 7.75. The number of carbonyl (C=O) groups is 3. The molecule has 27 heavy (non-hydrogen) atoms. The van der Waals surface area contributed by atoms with E-state index in [2.05, 4.69) is 19.9 Å². The lowest BCUT2D eigenvalue weighted by molar-refractivity contribution is -0.150. The second-order valence-electron chi connectivity index (χ2n) is 8.35. The van der Waals surface area contributed by atoms with E-state index in [1.165, 1.54) is 6.92 Å². The molecule has 0 aromatic carbocycles. The summed E-state index contributed by atoms with van der Waals surface area (Å²) in [5, 5.41) is 0. The highest BCUT2D eigenvalue weighted by molar-refractivity contribution is 5.92. The Balaban J connectivity index is 2.09. The summed E-state index contributed by atoms with van der Waals surface area (Å²) in [5.41, 5.74) is 2.85. The Bertz CT molecular complexity index is 708. The summed E-state index contributed by atoms with van der Waals surface area (Å²) in [6.45, 7) is 9.91. The third-order valence-electron chi connectivity index (χ3n) is 5.24. The van der Waals surface area contributed by atoms with Gasteiger partial charge in [-0.25, -0.2) is 4.79 Å². The molecular formula is C22H30O5. The Morgan fingerprint density at radius 3 is 2.59 bits per heavy atom. The summed E-state index contributed by atoms with van der Waals surface area (Å²) in [4.78, 5) is 34.8. The van der Waals surface area contributed by atoms with Crippen LogP contribution in [-0.2, 0) is 23.9 Å². The molecular weight excluding hydrogens is 344 g/mol. The molecule has 2 atom stereocenters. The molecule has 1 aliphatic heterocycles. The van der Waals surface area contributed by atoms with Crippen molar-refractivity contribution in [2.24, 2.45) is 11.3 Å². The maximum Gasteiger partial charge on any atom is 0.331 e. The van der Waals surface area contributed by atoms with Gasteiger partial charge >= 0.3 is 11.9 Å². The van der Waals surface area contributed by atoms with E-state index < -0.39 is 0 Å². The lowest BCUT2D eigenvalue weighted by Gasteiger charge is -2.42. The molecule has 0 amide bonds. The van der Waals surface area contributed by atoms with E-state index in [4.69, 9.17) is 9.47 Å². The number of hydrogen-bond donors (Lipinski definition) is 0. The molecule has 0 spiro atoms. The van der Waals surface area contributed by atoms with Crippen LogP contribution in [0.3, 0.4) is 0 Å². The minimum absolute atomic E-state index is 0.00557. The summed E-state index contributed by atoms with van der Waals surface area (Å²) in [6, 6.07) is 0. The number of ketones is 1. The van der Waals surface area contributed by atoms with Crippen LogP contribution in [0.2, 0.25) is 0 Å². The van der Waals surface area contributed by atoms with E-state index in [0.29, 0.717) is 19.4 Å². The molecule has 1 heterocycles. The Morgan fingerprint density at radius 2 is 2.04 bits per heavy atom. The van der Waals surface area contributed by atoms with E-state index in [1.54, 1.807) is 12.2 Å². The molecule has 0 radical (unpaired) electrons. The van der Waals surface area contributed by atoms with Gasteiger partial charge < -0.3 is 9.47 Å². The Kier molecular flexibility index (Phi) is 6.79. The lowest BCUT2D eigenvalue weighted by atomic mass is 9.65. The van der Waals surface area contributed by atoms with Crippen molar-refractivity contribution in [2.75, 3.05) is 6.61 Å². The van der Waals surface area contributed by atoms with Crippen molar-refractivity contribution in [3.8, 4) is 0 Å². The Hall–Kier alpha value is -2.17. The van der Waals surface area contributed by atoms with E-state index in [-0.39, 0.29) is 35.2 Å². The molecule has 0 aromatic rings. The SMILES string of the molecule is CC(=O)OC(CC(C)=CCCC1=CC(=O)OC1)C1C(C)=CC(=O)CC1(C)C. The average Bonchev–Trinajstić information content (AvgIpc) is 2.89. The predicted octanol–water partition coefficient (Wildman–Crippen LogP) is 4.08. The zero-order chi connectivity index (χ0) is 20.2. The third kappa shape index (κ3) is 5.91. The number of hydrogen-bond acceptors (Lipinski definition) is 5. The maximum absolute atomic E-state index is 12.0. The first-order valence-electron chi connectivity index (χ1n) is 9.48. The van der Waals surface area contributed by atoms with Crippen LogP contribution in [0.25, 0.3) is 0 Å². The minimum Gasteiger partial charge on any atom is -0.462 e. The summed E-state index contributed by atoms with van der Waals surface area (Å²) < 4.78 is 10.6. The number of carbonyl (C=O) groups excluding carboxylic acids is 3. The molecule has 0 bridgehead atoms. The van der Waals surface area contributed by atoms with Gasteiger partial charge in [0.1, 0.15) is 12.7 Å². The predicted molar refractivity (Wildman–Crippen MR) is 103 cm³/mol. The quantitative estimate of drug-likeness (QED) is 0.496.